The van der Waals surface area contributed by atoms with Gasteiger partial charge in [-0.2, -0.15) is 0 Å². The van der Waals surface area contributed by atoms with Crippen LogP contribution in [0, 0.1) is 5.41 Å². The number of nitrogens with one attached hydrogen (secondary N) is 2. The van der Waals surface area contributed by atoms with Gasteiger partial charge in [0.15, 0.2) is 0 Å². The molecule has 4 N–H and O–H groups in total. The summed E-state index contributed by atoms with van der Waals surface area (Å²) in [5, 5.41) is 3.32. The first-order chi connectivity index (χ1) is 7.22. The van der Waals surface area contributed by atoms with E-state index >= 15 is 0 Å². The van der Waals surface area contributed by atoms with E-state index in [2.05, 4.69) is 27.6 Å². The molecule has 5 nitrogen and oxygen atoms in total. The zero-order chi connectivity index (χ0) is 10.7. The molecule has 0 aliphatic heterocycles. The van der Waals surface area contributed by atoms with Gasteiger partial charge in [-0.1, -0.05) is 13.3 Å². The first-order valence-corrected chi connectivity index (χ1v) is 5.24. The average Bonchev–Trinajstić information content (AvgIpc) is 2.24. The SMILES string of the molecule is CC1(CNc2cc(NN)ncn2)CCC1. The Morgan fingerprint density at radius 1 is 1.40 bits per heavy atom. The number of hydrogen-bond acceptors (Lipinski definition) is 5. The van der Waals surface area contributed by atoms with E-state index in [1.807, 2.05) is 6.07 Å². The third kappa shape index (κ3) is 2.36. The van der Waals surface area contributed by atoms with Crippen LogP contribution >= 0.6 is 0 Å². The number of hydrazine groups is 1. The Balaban J connectivity index is 1.92. The van der Waals surface area contributed by atoms with Crippen LogP contribution < -0.4 is 16.6 Å². The largest absolute Gasteiger partial charge is 0.369 e. The molecule has 1 aromatic rings. The molecule has 0 atom stereocenters. The second kappa shape index (κ2) is 4.02. The molecular weight excluding hydrogens is 190 g/mol. The molecule has 0 unspecified atom stereocenters. The summed E-state index contributed by atoms with van der Waals surface area (Å²) in [5.41, 5.74) is 2.95. The summed E-state index contributed by atoms with van der Waals surface area (Å²) in [4.78, 5) is 8.08. The highest BCUT2D eigenvalue weighted by Gasteiger charge is 2.31. The summed E-state index contributed by atoms with van der Waals surface area (Å²) < 4.78 is 0. The molecule has 0 spiro atoms. The van der Waals surface area contributed by atoms with Crippen LogP contribution in [0.15, 0.2) is 12.4 Å². The van der Waals surface area contributed by atoms with E-state index in [4.69, 9.17) is 5.84 Å². The first kappa shape index (κ1) is 10.2. The molecule has 1 aliphatic carbocycles. The van der Waals surface area contributed by atoms with E-state index < -0.39 is 0 Å². The smallest absolute Gasteiger partial charge is 0.145 e. The zero-order valence-electron chi connectivity index (χ0n) is 8.95. The van der Waals surface area contributed by atoms with Crippen molar-refractivity contribution in [3.63, 3.8) is 0 Å². The summed E-state index contributed by atoms with van der Waals surface area (Å²) in [7, 11) is 0. The molecule has 0 radical (unpaired) electrons. The van der Waals surface area contributed by atoms with Gasteiger partial charge in [-0.05, 0) is 18.3 Å². The number of anilines is 2. The molecular formula is C10H17N5. The van der Waals surface area contributed by atoms with Crippen LogP contribution in [0.4, 0.5) is 11.6 Å². The third-order valence-corrected chi connectivity index (χ3v) is 3.07. The lowest BCUT2D eigenvalue weighted by atomic mass is 9.70. The maximum Gasteiger partial charge on any atom is 0.145 e. The fourth-order valence-electron chi connectivity index (χ4n) is 1.79. The van der Waals surface area contributed by atoms with Crippen LogP contribution in [0.25, 0.3) is 0 Å². The fraction of sp³-hybridized carbons (Fsp3) is 0.600. The predicted molar refractivity (Wildman–Crippen MR) is 60.3 cm³/mol. The first-order valence-electron chi connectivity index (χ1n) is 5.24. The van der Waals surface area contributed by atoms with Crippen LogP contribution in [0.5, 0.6) is 0 Å². The van der Waals surface area contributed by atoms with E-state index in [-0.39, 0.29) is 0 Å². The fourth-order valence-corrected chi connectivity index (χ4v) is 1.79. The summed E-state index contributed by atoms with van der Waals surface area (Å²) in [6, 6.07) is 1.81. The lowest BCUT2D eigenvalue weighted by Crippen LogP contribution is -2.33. The van der Waals surface area contributed by atoms with Crippen molar-refractivity contribution in [3.8, 4) is 0 Å². The molecule has 0 aromatic carbocycles. The number of hydrogen-bond donors (Lipinski definition) is 3. The van der Waals surface area contributed by atoms with Crippen molar-refractivity contribution in [3.05, 3.63) is 12.4 Å². The minimum atomic E-state index is 0.446. The minimum absolute atomic E-state index is 0.446. The Morgan fingerprint density at radius 3 is 2.73 bits per heavy atom. The Morgan fingerprint density at radius 2 is 2.13 bits per heavy atom. The molecule has 0 bridgehead atoms. The number of nitrogens with two attached hydrogens (primary N) is 1. The van der Waals surface area contributed by atoms with Crippen molar-refractivity contribution in [1.29, 1.82) is 0 Å². The Hall–Kier alpha value is -1.36. The highest BCUT2D eigenvalue weighted by molar-refractivity contribution is 5.45. The molecule has 1 fully saturated rings. The normalized spacial score (nSPS) is 18.0. The van der Waals surface area contributed by atoms with Crippen LogP contribution in [0.2, 0.25) is 0 Å². The standard InChI is InChI=1S/C10H17N5/c1-10(3-2-4-10)6-12-8-5-9(15-11)14-7-13-8/h5,7H,2-4,6,11H2,1H3,(H2,12,13,14,15). The highest BCUT2D eigenvalue weighted by Crippen LogP contribution is 2.40. The second-order valence-corrected chi connectivity index (χ2v) is 4.45. The molecule has 1 aliphatic rings. The van der Waals surface area contributed by atoms with Gasteiger partial charge in [0.2, 0.25) is 0 Å². The van der Waals surface area contributed by atoms with Gasteiger partial charge in [-0.3, -0.25) is 0 Å². The van der Waals surface area contributed by atoms with Crippen LogP contribution in [-0.4, -0.2) is 16.5 Å². The van der Waals surface area contributed by atoms with Crippen molar-refractivity contribution < 1.29 is 0 Å². The number of nitrogens with zero attached hydrogens (tertiary/aromatic N) is 2. The highest BCUT2D eigenvalue weighted by atomic mass is 15.3. The van der Waals surface area contributed by atoms with Crippen molar-refractivity contribution in [2.24, 2.45) is 11.3 Å². The molecule has 15 heavy (non-hydrogen) atoms. The average molecular weight is 207 g/mol. The predicted octanol–water partition coefficient (Wildman–Crippen LogP) is 1.36. The molecule has 0 amide bonds. The Bertz CT molecular complexity index is 334. The van der Waals surface area contributed by atoms with Gasteiger partial charge in [0, 0.05) is 12.6 Å². The summed E-state index contributed by atoms with van der Waals surface area (Å²) in [6.45, 7) is 3.26. The van der Waals surface area contributed by atoms with E-state index in [0.717, 1.165) is 12.4 Å². The number of nitrogen functional groups attached to an aromatic ring is 1. The lowest BCUT2D eigenvalue weighted by molar-refractivity contribution is 0.180. The maximum atomic E-state index is 5.27. The van der Waals surface area contributed by atoms with Crippen molar-refractivity contribution in [1.82, 2.24) is 9.97 Å². The minimum Gasteiger partial charge on any atom is -0.369 e. The van der Waals surface area contributed by atoms with Crippen molar-refractivity contribution >= 4 is 11.6 Å². The van der Waals surface area contributed by atoms with Gasteiger partial charge in [0.25, 0.3) is 0 Å². The van der Waals surface area contributed by atoms with E-state index in [0.29, 0.717) is 11.2 Å². The van der Waals surface area contributed by atoms with Crippen LogP contribution in [-0.2, 0) is 0 Å². The Labute approximate surface area is 89.5 Å². The van der Waals surface area contributed by atoms with Crippen LogP contribution in [0.3, 0.4) is 0 Å². The van der Waals surface area contributed by atoms with Gasteiger partial charge >= 0.3 is 0 Å². The zero-order valence-corrected chi connectivity index (χ0v) is 8.95. The molecule has 1 saturated carbocycles. The second-order valence-electron chi connectivity index (χ2n) is 4.45. The quantitative estimate of drug-likeness (QED) is 0.513. The van der Waals surface area contributed by atoms with Gasteiger partial charge in [-0.25, -0.2) is 15.8 Å². The maximum absolute atomic E-state index is 5.27. The monoisotopic (exact) mass is 207 g/mol. The molecule has 1 heterocycles. The van der Waals surface area contributed by atoms with Crippen molar-refractivity contribution in [2.75, 3.05) is 17.3 Å². The van der Waals surface area contributed by atoms with Gasteiger partial charge in [-0.15, -0.1) is 0 Å². The summed E-state index contributed by atoms with van der Waals surface area (Å²) in [5.74, 6) is 6.73. The van der Waals surface area contributed by atoms with Crippen LogP contribution in [0.1, 0.15) is 26.2 Å². The molecule has 1 aromatic heterocycles. The number of aromatic nitrogens is 2. The van der Waals surface area contributed by atoms with E-state index in [1.165, 1.54) is 25.6 Å². The molecule has 2 rings (SSSR count). The lowest BCUT2D eigenvalue weighted by Gasteiger charge is -2.38. The molecule has 0 saturated heterocycles. The van der Waals surface area contributed by atoms with Crippen molar-refractivity contribution in [2.45, 2.75) is 26.2 Å². The van der Waals surface area contributed by atoms with Gasteiger partial charge < -0.3 is 10.7 Å². The van der Waals surface area contributed by atoms with E-state index in [9.17, 15) is 0 Å². The van der Waals surface area contributed by atoms with E-state index in [1.54, 1.807) is 0 Å². The third-order valence-electron chi connectivity index (χ3n) is 3.07. The summed E-state index contributed by atoms with van der Waals surface area (Å²) in [6.07, 6.45) is 5.44. The topological polar surface area (TPSA) is 75.9 Å². The van der Waals surface area contributed by atoms with Gasteiger partial charge in [0.05, 0.1) is 0 Å². The Kier molecular flexibility index (Phi) is 2.73. The van der Waals surface area contributed by atoms with Gasteiger partial charge in [0.1, 0.15) is 18.0 Å². The molecule has 5 heteroatoms. The summed E-state index contributed by atoms with van der Waals surface area (Å²) >= 11 is 0. The molecule has 82 valence electrons. The number of rotatable bonds is 4.